The van der Waals surface area contributed by atoms with E-state index in [1.165, 1.54) is 44.7 Å². The van der Waals surface area contributed by atoms with Crippen molar-refractivity contribution >= 4 is 21.1 Å². The summed E-state index contributed by atoms with van der Waals surface area (Å²) in [6, 6.07) is 2.16. The molecule has 1 saturated carbocycles. The van der Waals surface area contributed by atoms with Crippen LogP contribution < -0.4 is 10.0 Å². The third kappa shape index (κ3) is 4.37. The molecule has 7 nitrogen and oxygen atoms in total. The van der Waals surface area contributed by atoms with E-state index >= 15 is 0 Å². The highest BCUT2D eigenvalue weighted by atomic mass is 32.2. The Hall–Kier alpha value is -1.51. The molecule has 2 aromatic heterocycles. The number of hydrogen-bond acceptors (Lipinski definition) is 5. The van der Waals surface area contributed by atoms with Gasteiger partial charge in [-0.1, -0.05) is 25.7 Å². The zero-order valence-corrected chi connectivity index (χ0v) is 15.8. The van der Waals surface area contributed by atoms with Crippen molar-refractivity contribution in [3.63, 3.8) is 0 Å². The van der Waals surface area contributed by atoms with Gasteiger partial charge < -0.3 is 5.32 Å². The van der Waals surface area contributed by atoms with E-state index in [2.05, 4.69) is 20.1 Å². The molecule has 2 heterocycles. The van der Waals surface area contributed by atoms with Crippen molar-refractivity contribution < 1.29 is 8.42 Å². The number of rotatable bonds is 6. The third-order valence-electron chi connectivity index (χ3n) is 4.85. The summed E-state index contributed by atoms with van der Waals surface area (Å²) in [7, 11) is -1.76. The normalized spacial score (nSPS) is 17.0. The quantitative estimate of drug-likeness (QED) is 0.603. The Bertz CT molecular complexity index is 823. The Morgan fingerprint density at radius 1 is 1.20 bits per heavy atom. The van der Waals surface area contributed by atoms with Crippen molar-refractivity contribution in [1.82, 2.24) is 24.8 Å². The first kappa shape index (κ1) is 18.3. The van der Waals surface area contributed by atoms with Gasteiger partial charge in [-0.2, -0.15) is 5.10 Å². The van der Waals surface area contributed by atoms with E-state index in [1.54, 1.807) is 17.8 Å². The maximum Gasteiger partial charge on any atom is 0.242 e. The molecule has 0 unspecified atom stereocenters. The smallest absolute Gasteiger partial charge is 0.242 e. The summed E-state index contributed by atoms with van der Waals surface area (Å²) in [5.74, 6) is 0. The van der Waals surface area contributed by atoms with Crippen LogP contribution in [-0.2, 0) is 17.1 Å². The number of aryl methyl sites for hydroxylation is 2. The first-order valence-electron chi connectivity index (χ1n) is 9.00. The standard InChI is InChI=1S/C17H27N5O2S/c1-13-16-11-15(12-19-17(16)22(2)21-13)25(23,24)20-10-9-18-14-7-5-3-4-6-8-14/h11-12,14,18,20H,3-10H2,1-2H3. The summed E-state index contributed by atoms with van der Waals surface area (Å²) < 4.78 is 29.3. The summed E-state index contributed by atoms with van der Waals surface area (Å²) in [5.41, 5.74) is 1.46. The first-order chi connectivity index (χ1) is 12.0. The van der Waals surface area contributed by atoms with Crippen LogP contribution in [0.15, 0.2) is 17.2 Å². The maximum atomic E-state index is 12.5. The van der Waals surface area contributed by atoms with E-state index in [1.807, 2.05) is 6.92 Å². The zero-order valence-electron chi connectivity index (χ0n) is 15.0. The topological polar surface area (TPSA) is 88.9 Å². The molecule has 0 spiro atoms. The lowest BCUT2D eigenvalue weighted by atomic mass is 10.1. The number of pyridine rings is 1. The van der Waals surface area contributed by atoms with E-state index in [4.69, 9.17) is 0 Å². The number of nitrogens with zero attached hydrogens (tertiary/aromatic N) is 3. The molecule has 0 saturated heterocycles. The number of aromatic nitrogens is 3. The highest BCUT2D eigenvalue weighted by Crippen LogP contribution is 2.19. The van der Waals surface area contributed by atoms with Crippen LogP contribution in [0.5, 0.6) is 0 Å². The molecule has 3 rings (SSSR count). The number of sulfonamides is 1. The van der Waals surface area contributed by atoms with Gasteiger partial charge in [0.2, 0.25) is 10.0 Å². The Kier molecular flexibility index (Phi) is 5.71. The number of hydrogen-bond donors (Lipinski definition) is 2. The van der Waals surface area contributed by atoms with Crippen LogP contribution in [0.1, 0.15) is 44.2 Å². The van der Waals surface area contributed by atoms with E-state index in [0.29, 0.717) is 24.8 Å². The van der Waals surface area contributed by atoms with E-state index < -0.39 is 10.0 Å². The molecule has 2 aromatic rings. The second kappa shape index (κ2) is 7.80. The summed E-state index contributed by atoms with van der Waals surface area (Å²) in [6.07, 6.45) is 8.92. The highest BCUT2D eigenvalue weighted by Gasteiger charge is 2.17. The van der Waals surface area contributed by atoms with Gasteiger partial charge in [-0.3, -0.25) is 4.68 Å². The molecular formula is C17H27N5O2S. The van der Waals surface area contributed by atoms with Gasteiger partial charge in [0.05, 0.1) is 5.69 Å². The predicted molar refractivity (Wildman–Crippen MR) is 97.9 cm³/mol. The molecule has 0 radical (unpaired) electrons. The monoisotopic (exact) mass is 365 g/mol. The van der Waals surface area contributed by atoms with Gasteiger partial charge in [-0.25, -0.2) is 18.1 Å². The van der Waals surface area contributed by atoms with Crippen molar-refractivity contribution in [2.75, 3.05) is 13.1 Å². The third-order valence-corrected chi connectivity index (χ3v) is 6.28. The van der Waals surface area contributed by atoms with E-state index in [9.17, 15) is 8.42 Å². The Balaban J connectivity index is 1.59. The van der Waals surface area contributed by atoms with Crippen molar-refractivity contribution in [2.45, 2.75) is 56.4 Å². The predicted octanol–water partition coefficient (Wildman–Crippen LogP) is 1.87. The fraction of sp³-hybridized carbons (Fsp3) is 0.647. The SMILES string of the molecule is Cc1nn(C)c2ncc(S(=O)(=O)NCCNC3CCCCCC3)cc12. The second-order valence-electron chi connectivity index (χ2n) is 6.79. The average molecular weight is 366 g/mol. The molecule has 1 fully saturated rings. The molecule has 2 N–H and O–H groups in total. The van der Waals surface area contributed by atoms with E-state index in [-0.39, 0.29) is 4.90 Å². The lowest BCUT2D eigenvalue weighted by molar-refractivity contribution is 0.461. The van der Waals surface area contributed by atoms with Crippen LogP contribution in [-0.4, -0.2) is 42.3 Å². The van der Waals surface area contributed by atoms with Gasteiger partial charge in [0.15, 0.2) is 5.65 Å². The average Bonchev–Trinajstić information content (AvgIpc) is 2.77. The molecule has 1 aliphatic carbocycles. The van der Waals surface area contributed by atoms with Gasteiger partial charge in [-0.15, -0.1) is 0 Å². The van der Waals surface area contributed by atoms with Crippen LogP contribution in [0.3, 0.4) is 0 Å². The van der Waals surface area contributed by atoms with Crippen LogP contribution in [0.2, 0.25) is 0 Å². The van der Waals surface area contributed by atoms with Crippen LogP contribution in [0.4, 0.5) is 0 Å². The molecule has 138 valence electrons. The van der Waals surface area contributed by atoms with Crippen LogP contribution >= 0.6 is 0 Å². The van der Waals surface area contributed by atoms with Crippen LogP contribution in [0.25, 0.3) is 11.0 Å². The summed E-state index contributed by atoms with van der Waals surface area (Å²) in [4.78, 5) is 4.43. The Morgan fingerprint density at radius 3 is 2.64 bits per heavy atom. The van der Waals surface area contributed by atoms with Gasteiger partial charge >= 0.3 is 0 Å². The fourth-order valence-electron chi connectivity index (χ4n) is 3.46. The number of fused-ring (bicyclic) bond motifs is 1. The molecule has 0 atom stereocenters. The van der Waals surface area contributed by atoms with Crippen molar-refractivity contribution in [2.24, 2.45) is 7.05 Å². The summed E-state index contributed by atoms with van der Waals surface area (Å²) in [6.45, 7) is 2.87. The lowest BCUT2D eigenvalue weighted by Gasteiger charge is -2.16. The Morgan fingerprint density at radius 2 is 1.92 bits per heavy atom. The molecule has 25 heavy (non-hydrogen) atoms. The molecule has 0 aromatic carbocycles. The van der Waals surface area contributed by atoms with Gasteiger partial charge in [-0.05, 0) is 25.8 Å². The molecule has 1 aliphatic rings. The number of nitrogens with one attached hydrogen (secondary N) is 2. The van der Waals surface area contributed by atoms with Gasteiger partial charge in [0.25, 0.3) is 0 Å². The highest BCUT2D eigenvalue weighted by molar-refractivity contribution is 7.89. The molecule has 0 aliphatic heterocycles. The largest absolute Gasteiger partial charge is 0.313 e. The van der Waals surface area contributed by atoms with E-state index in [0.717, 1.165) is 11.1 Å². The molecule has 0 bridgehead atoms. The minimum atomic E-state index is -3.56. The lowest BCUT2D eigenvalue weighted by Crippen LogP contribution is -2.36. The minimum absolute atomic E-state index is 0.186. The maximum absolute atomic E-state index is 12.5. The molecule has 0 amide bonds. The van der Waals surface area contributed by atoms with Crippen molar-refractivity contribution in [3.05, 3.63) is 18.0 Å². The van der Waals surface area contributed by atoms with Crippen LogP contribution in [0, 0.1) is 6.92 Å². The Labute approximate surface area is 149 Å². The first-order valence-corrected chi connectivity index (χ1v) is 10.5. The van der Waals surface area contributed by atoms with Gasteiger partial charge in [0, 0.05) is 37.8 Å². The van der Waals surface area contributed by atoms with Crippen molar-refractivity contribution in [1.29, 1.82) is 0 Å². The molecular weight excluding hydrogens is 338 g/mol. The minimum Gasteiger partial charge on any atom is -0.313 e. The zero-order chi connectivity index (χ0) is 17.9. The summed E-state index contributed by atoms with van der Waals surface area (Å²) in [5, 5.41) is 8.51. The molecule has 8 heteroatoms. The fourth-order valence-corrected chi connectivity index (χ4v) is 4.47. The summed E-state index contributed by atoms with van der Waals surface area (Å²) >= 11 is 0. The van der Waals surface area contributed by atoms with Gasteiger partial charge in [0.1, 0.15) is 4.90 Å². The second-order valence-corrected chi connectivity index (χ2v) is 8.56. The van der Waals surface area contributed by atoms with Crippen molar-refractivity contribution in [3.8, 4) is 0 Å².